The van der Waals surface area contributed by atoms with E-state index in [9.17, 15) is 10.0 Å². The van der Waals surface area contributed by atoms with Crippen molar-refractivity contribution >= 4 is 29.6 Å². The lowest BCUT2D eigenvalue weighted by Gasteiger charge is -2.26. The van der Waals surface area contributed by atoms with Gasteiger partial charge in [-0.25, -0.2) is 0 Å². The van der Waals surface area contributed by atoms with Crippen LogP contribution >= 0.6 is 0 Å². The van der Waals surface area contributed by atoms with Crippen molar-refractivity contribution in [2.24, 2.45) is 0 Å². The average molecular weight is 370 g/mol. The Bertz CT molecular complexity index is 1250. The Labute approximate surface area is 172 Å². The topological polar surface area (TPSA) is 43.7 Å². The summed E-state index contributed by atoms with van der Waals surface area (Å²) in [6, 6.07) is 21.9. The van der Waals surface area contributed by atoms with Gasteiger partial charge in [0.1, 0.15) is 0 Å². The Hall–Kier alpha value is -3.34. The first-order valence-corrected chi connectivity index (χ1v) is 8.78. The van der Waals surface area contributed by atoms with E-state index in [-0.39, 0.29) is 29.7 Å². The van der Waals surface area contributed by atoms with Crippen molar-refractivity contribution in [2.45, 2.75) is 0 Å². The third kappa shape index (κ3) is 3.84. The second-order valence-electron chi connectivity index (χ2n) is 6.18. The van der Waals surface area contributed by atoms with E-state index in [1.807, 2.05) is 47.4 Å². The summed E-state index contributed by atoms with van der Waals surface area (Å²) in [4.78, 5) is 1.97. The van der Waals surface area contributed by atoms with Crippen molar-refractivity contribution < 1.29 is 16.9 Å². The third-order valence-electron chi connectivity index (χ3n) is 4.38. The van der Waals surface area contributed by atoms with Gasteiger partial charge in [-0.3, -0.25) is 0 Å². The van der Waals surface area contributed by atoms with Gasteiger partial charge in [-0.05, 0) is 53.0 Å². The fourth-order valence-electron chi connectivity index (χ4n) is 2.99. The largest absolute Gasteiger partial charge is 0.488 e. The molecule has 4 heteroatoms. The summed E-state index contributed by atoms with van der Waals surface area (Å²) in [6.07, 6.45) is 0. The molecule has 4 aromatic carbocycles. The Morgan fingerprint density at radius 1 is 0.607 bits per heavy atom. The highest BCUT2D eigenvalue weighted by Crippen LogP contribution is 2.35. The Morgan fingerprint density at radius 2 is 1.14 bits per heavy atom. The SMILES string of the molecule is [2H]c1c([2H])c([2H])c(-c2ccc(N(c3ccccc3)c3ccc(B(O)O)cc3)cc2)c([2H])c1[2H]. The summed E-state index contributed by atoms with van der Waals surface area (Å²) in [7, 11) is -1.55. The average Bonchev–Trinajstić information content (AvgIpc) is 2.84. The summed E-state index contributed by atoms with van der Waals surface area (Å²) in [5, 5.41) is 18.8. The van der Waals surface area contributed by atoms with Gasteiger partial charge in [-0.1, -0.05) is 72.7 Å². The maximum absolute atomic E-state index is 9.40. The van der Waals surface area contributed by atoms with Crippen LogP contribution in [0.3, 0.4) is 0 Å². The number of benzene rings is 4. The van der Waals surface area contributed by atoms with Gasteiger partial charge < -0.3 is 14.9 Å². The van der Waals surface area contributed by atoms with E-state index in [1.54, 1.807) is 36.4 Å². The molecular formula is C24H20BNO2. The van der Waals surface area contributed by atoms with Crippen molar-refractivity contribution in [2.75, 3.05) is 4.90 Å². The molecule has 4 aromatic rings. The van der Waals surface area contributed by atoms with Crippen molar-refractivity contribution in [3.63, 3.8) is 0 Å². The summed E-state index contributed by atoms with van der Waals surface area (Å²) in [5.41, 5.74) is 3.51. The van der Waals surface area contributed by atoms with Crippen LogP contribution in [0.4, 0.5) is 17.1 Å². The monoisotopic (exact) mass is 370 g/mol. The highest BCUT2D eigenvalue weighted by molar-refractivity contribution is 6.58. The zero-order chi connectivity index (χ0) is 23.7. The molecule has 0 aliphatic heterocycles. The van der Waals surface area contributed by atoms with Crippen LogP contribution in [0.25, 0.3) is 11.1 Å². The van der Waals surface area contributed by atoms with Gasteiger partial charge in [-0.2, -0.15) is 0 Å². The molecule has 0 unspecified atom stereocenters. The fourth-order valence-corrected chi connectivity index (χ4v) is 2.99. The zero-order valence-electron chi connectivity index (χ0n) is 19.9. The van der Waals surface area contributed by atoms with Crippen molar-refractivity contribution in [1.82, 2.24) is 0 Å². The van der Waals surface area contributed by atoms with E-state index >= 15 is 0 Å². The maximum Gasteiger partial charge on any atom is 0.488 e. The minimum Gasteiger partial charge on any atom is -0.423 e. The number of rotatable bonds is 5. The van der Waals surface area contributed by atoms with Gasteiger partial charge in [0, 0.05) is 17.1 Å². The molecule has 28 heavy (non-hydrogen) atoms. The first kappa shape index (κ1) is 12.9. The van der Waals surface area contributed by atoms with Crippen LogP contribution in [0.5, 0.6) is 0 Å². The summed E-state index contributed by atoms with van der Waals surface area (Å²) in [5.74, 6) is 0. The van der Waals surface area contributed by atoms with Crippen LogP contribution in [0.2, 0.25) is 0 Å². The second-order valence-corrected chi connectivity index (χ2v) is 6.18. The van der Waals surface area contributed by atoms with Gasteiger partial charge in [0.05, 0.1) is 6.85 Å². The van der Waals surface area contributed by atoms with Crippen molar-refractivity contribution in [3.05, 3.63) is 109 Å². The predicted molar refractivity (Wildman–Crippen MR) is 116 cm³/mol. The molecule has 0 saturated carbocycles. The van der Waals surface area contributed by atoms with Gasteiger partial charge in [-0.15, -0.1) is 0 Å². The van der Waals surface area contributed by atoms with Crippen LogP contribution in [0.1, 0.15) is 6.85 Å². The molecule has 0 atom stereocenters. The molecule has 0 heterocycles. The van der Waals surface area contributed by atoms with Gasteiger partial charge in [0.25, 0.3) is 0 Å². The highest BCUT2D eigenvalue weighted by Gasteiger charge is 2.15. The lowest BCUT2D eigenvalue weighted by Crippen LogP contribution is -2.29. The summed E-state index contributed by atoms with van der Waals surface area (Å²) in [6.45, 7) is 0. The summed E-state index contributed by atoms with van der Waals surface area (Å²) < 4.78 is 40.0. The van der Waals surface area contributed by atoms with Crippen LogP contribution in [-0.4, -0.2) is 17.2 Å². The lowest BCUT2D eigenvalue weighted by atomic mass is 9.80. The van der Waals surface area contributed by atoms with E-state index in [0.29, 0.717) is 11.0 Å². The van der Waals surface area contributed by atoms with E-state index in [1.165, 1.54) is 0 Å². The minimum absolute atomic E-state index is 0.153. The normalized spacial score (nSPS) is 13.0. The third-order valence-corrected chi connectivity index (χ3v) is 4.38. The number of hydrogen-bond acceptors (Lipinski definition) is 3. The molecule has 0 bridgehead atoms. The lowest BCUT2D eigenvalue weighted by molar-refractivity contribution is 0.426. The molecule has 0 aromatic heterocycles. The van der Waals surface area contributed by atoms with Gasteiger partial charge >= 0.3 is 7.12 Å². The molecule has 0 aliphatic carbocycles. The van der Waals surface area contributed by atoms with Crippen LogP contribution < -0.4 is 10.4 Å². The van der Waals surface area contributed by atoms with Crippen molar-refractivity contribution in [1.29, 1.82) is 0 Å². The molecular weight excluding hydrogens is 345 g/mol. The molecule has 136 valence electrons. The molecule has 3 nitrogen and oxygen atoms in total. The van der Waals surface area contributed by atoms with E-state index in [4.69, 9.17) is 6.85 Å². The first-order valence-electron chi connectivity index (χ1n) is 11.3. The quantitative estimate of drug-likeness (QED) is 0.509. The van der Waals surface area contributed by atoms with Crippen LogP contribution in [0, 0.1) is 0 Å². The van der Waals surface area contributed by atoms with Crippen LogP contribution in [0.15, 0.2) is 109 Å². The molecule has 0 radical (unpaired) electrons. The number of nitrogens with zero attached hydrogens (tertiary/aromatic N) is 1. The zero-order valence-corrected chi connectivity index (χ0v) is 14.9. The number of para-hydroxylation sites is 1. The van der Waals surface area contributed by atoms with Crippen LogP contribution in [-0.2, 0) is 0 Å². The van der Waals surface area contributed by atoms with Gasteiger partial charge in [0.15, 0.2) is 0 Å². The van der Waals surface area contributed by atoms with Crippen molar-refractivity contribution in [3.8, 4) is 11.1 Å². The number of anilines is 3. The Balaban J connectivity index is 1.80. The molecule has 0 fully saturated rings. The first-order chi connectivity index (χ1) is 15.8. The Morgan fingerprint density at radius 3 is 1.71 bits per heavy atom. The van der Waals surface area contributed by atoms with Gasteiger partial charge in [0.2, 0.25) is 0 Å². The molecule has 0 spiro atoms. The molecule has 0 aliphatic rings. The maximum atomic E-state index is 9.40. The summed E-state index contributed by atoms with van der Waals surface area (Å²) >= 11 is 0. The molecule has 0 saturated heterocycles. The molecule has 4 rings (SSSR count). The second kappa shape index (κ2) is 8.13. The number of hydrogen-bond donors (Lipinski definition) is 2. The van der Waals surface area contributed by atoms with E-state index in [0.717, 1.165) is 17.1 Å². The van der Waals surface area contributed by atoms with E-state index in [2.05, 4.69) is 0 Å². The molecule has 0 amide bonds. The standard InChI is InChI=1S/C24H20BNO2/c27-25(28)21-13-17-24(18-14-21)26(22-9-5-2-6-10-22)23-15-11-20(12-16-23)19-7-3-1-4-8-19/h1-18,27-28H/i1D,3D,4D,7D,8D. The fraction of sp³-hybridized carbons (Fsp3) is 0. The Kier molecular flexibility index (Phi) is 3.76. The van der Waals surface area contributed by atoms with E-state index < -0.39 is 13.2 Å². The highest BCUT2D eigenvalue weighted by atomic mass is 16.4. The minimum atomic E-state index is -1.55. The smallest absolute Gasteiger partial charge is 0.423 e. The predicted octanol–water partition coefficient (Wildman–Crippen LogP) is 4.50. The molecule has 2 N–H and O–H groups in total.